The minimum absolute atomic E-state index is 0.000849. The Morgan fingerprint density at radius 2 is 1.58 bits per heavy atom. The number of carbonyl (C=O) groups is 2. The van der Waals surface area contributed by atoms with Gasteiger partial charge in [0.25, 0.3) is 11.8 Å². The van der Waals surface area contributed by atoms with Crippen LogP contribution in [-0.2, 0) is 4.79 Å². The zero-order valence-electron chi connectivity index (χ0n) is 20.3. The average molecular weight is 604 g/mol. The van der Waals surface area contributed by atoms with Crippen LogP contribution < -0.4 is 10.6 Å². The molecule has 4 nitrogen and oxygen atoms in total. The summed E-state index contributed by atoms with van der Waals surface area (Å²) in [6.07, 6.45) is -3.52. The van der Waals surface area contributed by atoms with Gasteiger partial charge >= 0.3 is 6.18 Å². The highest BCUT2D eigenvalue weighted by Crippen LogP contribution is 2.41. The first-order valence-electron chi connectivity index (χ1n) is 10.9. The van der Waals surface area contributed by atoms with E-state index in [-0.39, 0.29) is 37.3 Å². The van der Waals surface area contributed by atoms with Gasteiger partial charge in [-0.05, 0) is 55.3 Å². The zero-order valence-corrected chi connectivity index (χ0v) is 22.5. The molecule has 0 radical (unpaired) electrons. The maximum Gasteiger partial charge on any atom is 0.401 e. The number of benzene rings is 2. The number of hydrogen-bond acceptors (Lipinski definition) is 3. The van der Waals surface area contributed by atoms with Crippen molar-refractivity contribution in [1.29, 1.82) is 0 Å². The number of rotatable bonds is 10. The highest BCUT2D eigenvalue weighted by Gasteiger charge is 2.35. The number of halogens is 9. The molecular formula is C25H23Cl3F6N2O2. The Morgan fingerprint density at radius 3 is 2.05 bits per heavy atom. The number of aldehydes is 1. The Kier molecular flexibility index (Phi) is 10.3. The molecule has 2 rings (SSSR count). The first-order valence-corrected chi connectivity index (χ1v) is 12.1. The summed E-state index contributed by atoms with van der Waals surface area (Å²) in [5, 5.41) is 4.19. The molecule has 0 fully saturated rings. The summed E-state index contributed by atoms with van der Waals surface area (Å²) in [6, 6.07) is 5.92. The number of nitrogens with one attached hydrogen (secondary N) is 2. The lowest BCUT2D eigenvalue weighted by atomic mass is 9.91. The lowest BCUT2D eigenvalue weighted by molar-refractivity contribution is -0.126. The van der Waals surface area contributed by atoms with Crippen LogP contribution in [0, 0.1) is 6.92 Å². The molecule has 0 spiro atoms. The van der Waals surface area contributed by atoms with E-state index in [4.69, 9.17) is 34.8 Å². The van der Waals surface area contributed by atoms with Crippen molar-refractivity contribution in [3.8, 4) is 0 Å². The zero-order chi connectivity index (χ0) is 29.1. The largest absolute Gasteiger partial charge is 0.401 e. The minimum atomic E-state index is -4.51. The predicted molar refractivity (Wildman–Crippen MR) is 136 cm³/mol. The molecule has 2 aromatic carbocycles. The van der Waals surface area contributed by atoms with E-state index < -0.39 is 48.4 Å². The lowest BCUT2D eigenvalue weighted by Crippen LogP contribution is -2.55. The van der Waals surface area contributed by atoms with Crippen LogP contribution in [0.15, 0.2) is 36.4 Å². The number of alkyl halides is 5. The van der Waals surface area contributed by atoms with Crippen molar-refractivity contribution in [2.75, 3.05) is 13.1 Å². The number of hydrogen-bond donors (Lipinski definition) is 2. The van der Waals surface area contributed by atoms with Crippen molar-refractivity contribution in [3.05, 3.63) is 73.7 Å². The third kappa shape index (κ3) is 8.62. The summed E-state index contributed by atoms with van der Waals surface area (Å²) in [7, 11) is 0. The molecule has 0 bridgehead atoms. The minimum Gasteiger partial charge on any atom is -0.339 e. The summed E-state index contributed by atoms with van der Waals surface area (Å²) in [4.78, 5) is 24.2. The van der Waals surface area contributed by atoms with Crippen molar-refractivity contribution < 1.29 is 35.9 Å². The molecule has 0 aliphatic heterocycles. The number of aryl methyl sites for hydroxylation is 1. The van der Waals surface area contributed by atoms with Crippen LogP contribution in [0.2, 0.25) is 15.1 Å². The van der Waals surface area contributed by atoms with Crippen molar-refractivity contribution >= 4 is 52.8 Å². The Hall–Kier alpha value is -2.27. The Morgan fingerprint density at radius 1 is 1.00 bits per heavy atom. The maximum absolute atomic E-state index is 15.1. The van der Waals surface area contributed by atoms with Gasteiger partial charge in [-0.25, -0.2) is 13.2 Å². The van der Waals surface area contributed by atoms with Gasteiger partial charge in [0.15, 0.2) is 0 Å². The molecule has 2 atom stereocenters. The second-order valence-corrected chi connectivity index (χ2v) is 10.2. The normalized spacial score (nSPS) is 15.1. The summed E-state index contributed by atoms with van der Waals surface area (Å²) in [6.45, 7) is 1.41. The van der Waals surface area contributed by atoms with Gasteiger partial charge in [-0.3, -0.25) is 4.79 Å². The lowest BCUT2D eigenvalue weighted by Gasteiger charge is -2.26. The van der Waals surface area contributed by atoms with E-state index in [9.17, 15) is 31.5 Å². The van der Waals surface area contributed by atoms with Crippen LogP contribution in [0.4, 0.5) is 26.3 Å². The second kappa shape index (κ2) is 12.3. The van der Waals surface area contributed by atoms with E-state index in [0.717, 1.165) is 12.1 Å². The van der Waals surface area contributed by atoms with Crippen LogP contribution in [-0.4, -0.2) is 42.9 Å². The van der Waals surface area contributed by atoms with Gasteiger partial charge < -0.3 is 15.4 Å². The summed E-state index contributed by atoms with van der Waals surface area (Å²) < 4.78 is 81.1. The molecule has 1 unspecified atom stereocenters. The average Bonchev–Trinajstić information content (AvgIpc) is 2.78. The summed E-state index contributed by atoms with van der Waals surface area (Å²) in [5.74, 6) is -7.02. The third-order valence-electron chi connectivity index (χ3n) is 5.45. The Labute approximate surface area is 230 Å². The molecule has 0 saturated heterocycles. The van der Waals surface area contributed by atoms with Gasteiger partial charge in [-0.2, -0.15) is 13.2 Å². The van der Waals surface area contributed by atoms with Gasteiger partial charge in [0.2, 0.25) is 0 Å². The van der Waals surface area contributed by atoms with Crippen molar-refractivity contribution in [3.63, 3.8) is 0 Å². The molecule has 0 aliphatic rings. The highest BCUT2D eigenvalue weighted by molar-refractivity contribution is 6.48. The number of allylic oxidation sites excluding steroid dienone is 1. The molecule has 1 amide bonds. The Balaban J connectivity index is 2.31. The van der Waals surface area contributed by atoms with E-state index in [1.54, 1.807) is 0 Å². The van der Waals surface area contributed by atoms with E-state index >= 15 is 4.39 Å². The number of carbonyl (C=O) groups excluding carboxylic acids is 2. The monoisotopic (exact) mass is 602 g/mol. The van der Waals surface area contributed by atoms with E-state index in [0.29, 0.717) is 19.3 Å². The van der Waals surface area contributed by atoms with Gasteiger partial charge in [-0.15, -0.1) is 0 Å². The van der Waals surface area contributed by atoms with Gasteiger partial charge in [0.05, 0.1) is 27.5 Å². The smallest absolute Gasteiger partial charge is 0.339 e. The summed E-state index contributed by atoms with van der Waals surface area (Å²) in [5.41, 5.74) is -1.65. The summed E-state index contributed by atoms with van der Waals surface area (Å²) >= 11 is 17.8. The second-order valence-electron chi connectivity index (χ2n) is 8.98. The van der Waals surface area contributed by atoms with Crippen molar-refractivity contribution in [1.82, 2.24) is 10.6 Å². The van der Waals surface area contributed by atoms with Crippen LogP contribution >= 0.6 is 34.8 Å². The van der Waals surface area contributed by atoms with Gasteiger partial charge in [-0.1, -0.05) is 40.9 Å². The molecule has 0 heterocycles. The molecule has 2 N–H and O–H groups in total. The Bertz CT molecular complexity index is 1210. The van der Waals surface area contributed by atoms with Crippen LogP contribution in [0.1, 0.15) is 46.8 Å². The maximum atomic E-state index is 15.1. The molecule has 38 heavy (non-hydrogen) atoms. The van der Waals surface area contributed by atoms with E-state index in [1.165, 1.54) is 32.0 Å². The molecule has 208 valence electrons. The predicted octanol–water partition coefficient (Wildman–Crippen LogP) is 7.54. The fraction of sp³-hybridized carbons (Fsp3) is 0.360. The van der Waals surface area contributed by atoms with Crippen LogP contribution in [0.3, 0.4) is 0 Å². The fourth-order valence-electron chi connectivity index (χ4n) is 3.51. The van der Waals surface area contributed by atoms with Crippen molar-refractivity contribution in [2.24, 2.45) is 0 Å². The van der Waals surface area contributed by atoms with E-state index in [1.807, 2.05) is 0 Å². The molecule has 13 heteroatoms. The topological polar surface area (TPSA) is 58.2 Å². The highest BCUT2D eigenvalue weighted by atomic mass is 35.5. The van der Waals surface area contributed by atoms with Crippen LogP contribution in [0.25, 0.3) is 5.83 Å². The molecule has 0 aromatic heterocycles. The van der Waals surface area contributed by atoms with E-state index in [2.05, 4.69) is 10.6 Å². The fourth-order valence-corrected chi connectivity index (χ4v) is 4.12. The first-order chi connectivity index (χ1) is 17.4. The molecule has 0 saturated carbocycles. The van der Waals surface area contributed by atoms with Crippen molar-refractivity contribution in [2.45, 2.75) is 44.3 Å². The molecule has 0 aliphatic carbocycles. The van der Waals surface area contributed by atoms with Gasteiger partial charge in [0.1, 0.15) is 17.7 Å². The first kappa shape index (κ1) is 31.9. The number of amides is 1. The molecule has 2 aromatic rings. The SMILES string of the molecule is Cc1cc(/C(F)=C/C(c2cc(Cl)c(Cl)c(Cl)c2)C(C)(F)F)ccc1C(=O)N[C@@](C)(C=O)CNCC(F)(F)F. The standard InChI is InChI=1S/C25H23Cl3F6N2O2/c1-13-6-14(4-5-16(13)22(38)36-23(2,12-37)10-35-11-25(32,33)34)20(29)9-17(24(3,30)31)15-7-18(26)21(28)19(27)8-15/h4-9,12,17,35H,10-11H2,1-3H3,(H,36,38)/b20-9-/t17?,23-/m1/s1. The van der Waals surface area contributed by atoms with Gasteiger partial charge in [0, 0.05) is 24.6 Å². The third-order valence-corrected chi connectivity index (χ3v) is 6.64. The van der Waals surface area contributed by atoms with Crippen LogP contribution in [0.5, 0.6) is 0 Å². The quantitative estimate of drug-likeness (QED) is 0.168. The molecular weight excluding hydrogens is 581 g/mol.